The van der Waals surface area contributed by atoms with E-state index >= 15 is 0 Å². The fourth-order valence-corrected chi connectivity index (χ4v) is 4.34. The van der Waals surface area contributed by atoms with Gasteiger partial charge in [0.1, 0.15) is 17.1 Å². The summed E-state index contributed by atoms with van der Waals surface area (Å²) < 4.78 is 6.22. The third kappa shape index (κ3) is 4.90. The Morgan fingerprint density at radius 1 is 1.29 bits per heavy atom. The highest BCUT2D eigenvalue weighted by Crippen LogP contribution is 2.34. The molecule has 0 radical (unpaired) electrons. The molecule has 4 nitrogen and oxygen atoms in total. The van der Waals surface area contributed by atoms with E-state index in [1.807, 2.05) is 24.3 Å². The lowest BCUT2D eigenvalue weighted by Gasteiger charge is -2.26. The quantitative estimate of drug-likeness (QED) is 0.826. The van der Waals surface area contributed by atoms with Gasteiger partial charge >= 0.3 is 0 Å². The predicted octanol–water partition coefficient (Wildman–Crippen LogP) is 3.37. The highest BCUT2D eigenvalue weighted by molar-refractivity contribution is 8.00. The van der Waals surface area contributed by atoms with Crippen LogP contribution >= 0.6 is 11.8 Å². The van der Waals surface area contributed by atoms with Crippen LogP contribution in [0.2, 0.25) is 0 Å². The van der Waals surface area contributed by atoms with Crippen molar-refractivity contribution in [1.29, 1.82) is 0 Å². The van der Waals surface area contributed by atoms with E-state index in [9.17, 15) is 4.79 Å². The van der Waals surface area contributed by atoms with Gasteiger partial charge in [0.15, 0.2) is 0 Å². The van der Waals surface area contributed by atoms with Crippen LogP contribution in [0.5, 0.6) is 5.75 Å². The number of nitrogens with one attached hydrogen (secondary N) is 1. The van der Waals surface area contributed by atoms with Crippen molar-refractivity contribution in [2.45, 2.75) is 51.5 Å². The van der Waals surface area contributed by atoms with E-state index in [0.717, 1.165) is 23.5 Å². The lowest BCUT2D eigenvalue weighted by atomic mass is 9.96. The molecule has 0 saturated carbocycles. The van der Waals surface area contributed by atoms with Crippen LogP contribution in [0.3, 0.4) is 0 Å². The molecule has 5 heteroatoms. The number of ether oxygens (including phenoxy) is 1. The summed E-state index contributed by atoms with van der Waals surface area (Å²) in [6, 6.07) is 8.05. The molecule has 1 heterocycles. The number of hydrogen-bond donors (Lipinski definition) is 2. The van der Waals surface area contributed by atoms with Crippen molar-refractivity contribution in [1.82, 2.24) is 5.32 Å². The molecular weight excluding hydrogens is 320 g/mol. The number of thioether (sulfide) groups is 1. The van der Waals surface area contributed by atoms with Crippen molar-refractivity contribution >= 4 is 17.7 Å². The first-order valence-electron chi connectivity index (χ1n) is 8.81. The Morgan fingerprint density at radius 3 is 2.62 bits per heavy atom. The molecule has 0 unspecified atom stereocenters. The predicted molar refractivity (Wildman–Crippen MR) is 101 cm³/mol. The average Bonchev–Trinajstić information content (AvgIpc) is 2.73. The van der Waals surface area contributed by atoms with Gasteiger partial charge in [0, 0.05) is 12.6 Å². The third-order valence-electron chi connectivity index (χ3n) is 4.37. The minimum Gasteiger partial charge on any atom is -0.490 e. The Balaban J connectivity index is 2.16. The molecule has 0 bridgehead atoms. The second-order valence-electron chi connectivity index (χ2n) is 7.12. The lowest BCUT2D eigenvalue weighted by molar-refractivity contribution is -0.121. The van der Waals surface area contributed by atoms with Crippen LogP contribution in [0.15, 0.2) is 24.3 Å². The van der Waals surface area contributed by atoms with E-state index in [1.54, 1.807) is 11.8 Å². The standard InChI is InChI=1S/C19H30N2O2S/c1-12(2)17(13(3)4)23-16-7-5-6-14(10-16)18-19(22)21-15(11-20)8-9-24-18/h5-7,10,12-13,15,17-18H,8-9,11,20H2,1-4H3,(H,21,22)/t15-,18+/m0/s1. The molecule has 1 amide bonds. The molecule has 1 aliphatic heterocycles. The molecule has 1 aliphatic rings. The number of amides is 1. The molecule has 134 valence electrons. The van der Waals surface area contributed by atoms with Gasteiger partial charge in [0.05, 0.1) is 0 Å². The topological polar surface area (TPSA) is 64.3 Å². The van der Waals surface area contributed by atoms with E-state index < -0.39 is 0 Å². The maximum absolute atomic E-state index is 12.5. The van der Waals surface area contributed by atoms with Crippen molar-refractivity contribution in [2.75, 3.05) is 12.3 Å². The summed E-state index contributed by atoms with van der Waals surface area (Å²) in [5, 5.41) is 2.86. The van der Waals surface area contributed by atoms with Gasteiger partial charge in [-0.1, -0.05) is 39.8 Å². The molecule has 24 heavy (non-hydrogen) atoms. The first-order chi connectivity index (χ1) is 11.4. The molecule has 1 aromatic rings. The Morgan fingerprint density at radius 2 is 2.00 bits per heavy atom. The van der Waals surface area contributed by atoms with Gasteiger partial charge in [-0.3, -0.25) is 4.79 Å². The molecule has 0 aliphatic carbocycles. The minimum absolute atomic E-state index is 0.0503. The first-order valence-corrected chi connectivity index (χ1v) is 9.86. The normalized spacial score (nSPS) is 21.9. The third-order valence-corrected chi connectivity index (χ3v) is 5.66. The Bertz CT molecular complexity index is 540. The first kappa shape index (κ1) is 19.1. The number of carbonyl (C=O) groups excluding carboxylic acids is 1. The van der Waals surface area contributed by atoms with Crippen LogP contribution < -0.4 is 15.8 Å². The van der Waals surface area contributed by atoms with Crippen molar-refractivity contribution in [2.24, 2.45) is 17.6 Å². The zero-order chi connectivity index (χ0) is 17.7. The number of carbonyl (C=O) groups is 1. The summed E-state index contributed by atoms with van der Waals surface area (Å²) in [4.78, 5) is 12.5. The second kappa shape index (κ2) is 8.77. The van der Waals surface area contributed by atoms with Gasteiger partial charge < -0.3 is 15.8 Å². The fourth-order valence-electron chi connectivity index (χ4n) is 3.13. The number of nitrogens with two attached hydrogens (primary N) is 1. The van der Waals surface area contributed by atoms with Crippen LogP contribution in [0.1, 0.15) is 44.9 Å². The monoisotopic (exact) mass is 350 g/mol. The summed E-state index contributed by atoms with van der Waals surface area (Å²) in [5.41, 5.74) is 6.71. The van der Waals surface area contributed by atoms with E-state index in [0.29, 0.717) is 18.4 Å². The summed E-state index contributed by atoms with van der Waals surface area (Å²) in [7, 11) is 0. The summed E-state index contributed by atoms with van der Waals surface area (Å²) in [6.07, 6.45) is 1.08. The molecule has 1 saturated heterocycles. The average molecular weight is 351 g/mol. The second-order valence-corrected chi connectivity index (χ2v) is 8.34. The number of hydrogen-bond acceptors (Lipinski definition) is 4. The summed E-state index contributed by atoms with van der Waals surface area (Å²) in [6.45, 7) is 9.20. The Hall–Kier alpha value is -1.20. The molecule has 3 N–H and O–H groups in total. The Labute approximate surface area is 149 Å². The lowest BCUT2D eigenvalue weighted by Crippen LogP contribution is -2.40. The Kier molecular flexibility index (Phi) is 6.99. The van der Waals surface area contributed by atoms with Crippen LogP contribution in [0.4, 0.5) is 0 Å². The van der Waals surface area contributed by atoms with E-state index in [-0.39, 0.29) is 23.3 Å². The largest absolute Gasteiger partial charge is 0.490 e. The maximum atomic E-state index is 12.5. The van der Waals surface area contributed by atoms with Gasteiger partial charge in [0.25, 0.3) is 0 Å². The molecule has 1 fully saturated rings. The highest BCUT2D eigenvalue weighted by atomic mass is 32.2. The molecule has 2 rings (SSSR count). The van der Waals surface area contributed by atoms with E-state index in [2.05, 4.69) is 33.0 Å². The van der Waals surface area contributed by atoms with E-state index in [1.165, 1.54) is 0 Å². The van der Waals surface area contributed by atoms with Crippen molar-refractivity contribution in [3.63, 3.8) is 0 Å². The van der Waals surface area contributed by atoms with Crippen LogP contribution in [-0.2, 0) is 4.79 Å². The van der Waals surface area contributed by atoms with Gasteiger partial charge in [-0.15, -0.1) is 11.8 Å². The van der Waals surface area contributed by atoms with Gasteiger partial charge in [0.2, 0.25) is 5.91 Å². The van der Waals surface area contributed by atoms with E-state index in [4.69, 9.17) is 10.5 Å². The van der Waals surface area contributed by atoms with Crippen LogP contribution in [-0.4, -0.2) is 30.4 Å². The molecule has 2 atom stereocenters. The number of benzene rings is 1. The molecule has 0 spiro atoms. The number of rotatable bonds is 6. The van der Waals surface area contributed by atoms with Gasteiger partial charge in [-0.05, 0) is 41.7 Å². The van der Waals surface area contributed by atoms with Crippen molar-refractivity contribution < 1.29 is 9.53 Å². The van der Waals surface area contributed by atoms with Crippen molar-refractivity contribution in [3.05, 3.63) is 29.8 Å². The van der Waals surface area contributed by atoms with Crippen LogP contribution in [0.25, 0.3) is 0 Å². The minimum atomic E-state index is -0.193. The van der Waals surface area contributed by atoms with Gasteiger partial charge in [-0.25, -0.2) is 0 Å². The highest BCUT2D eigenvalue weighted by Gasteiger charge is 2.27. The fraction of sp³-hybridized carbons (Fsp3) is 0.632. The smallest absolute Gasteiger partial charge is 0.237 e. The van der Waals surface area contributed by atoms with Crippen LogP contribution in [0, 0.1) is 11.8 Å². The zero-order valence-corrected chi connectivity index (χ0v) is 15.9. The SMILES string of the molecule is CC(C)C(Oc1cccc([C@H]2SCC[C@@H](CN)NC2=O)c1)C(C)C. The molecule has 0 aromatic heterocycles. The van der Waals surface area contributed by atoms with Gasteiger partial charge in [-0.2, -0.15) is 0 Å². The van der Waals surface area contributed by atoms with Crippen molar-refractivity contribution in [3.8, 4) is 5.75 Å². The summed E-state index contributed by atoms with van der Waals surface area (Å²) >= 11 is 1.68. The summed E-state index contributed by atoms with van der Waals surface area (Å²) in [5.74, 6) is 2.70. The molecular formula is C19H30N2O2S. The zero-order valence-electron chi connectivity index (χ0n) is 15.1. The maximum Gasteiger partial charge on any atom is 0.237 e. The molecule has 1 aromatic carbocycles.